The molecule has 5 nitrogen and oxygen atoms in total. The Kier molecular flexibility index (Phi) is 5.74. The van der Waals surface area contributed by atoms with Gasteiger partial charge in [0, 0.05) is 24.6 Å². The minimum atomic E-state index is -3.48. The van der Waals surface area contributed by atoms with Crippen LogP contribution in [0.5, 0.6) is 0 Å². The van der Waals surface area contributed by atoms with Crippen LogP contribution in [-0.2, 0) is 21.3 Å². The van der Waals surface area contributed by atoms with Gasteiger partial charge in [0.2, 0.25) is 10.0 Å². The van der Waals surface area contributed by atoms with Crippen LogP contribution < -0.4 is 10.0 Å². The number of methoxy groups -OCH3 is 1. The van der Waals surface area contributed by atoms with E-state index in [4.69, 9.17) is 4.74 Å². The standard InChI is InChI=1S/C11H20N2O3S2/c1-8-7-17-10(5-12-3)11(8)18(14,15)13-9(2)6-16-4/h7,9,12-13H,5-6H2,1-4H3. The highest BCUT2D eigenvalue weighted by molar-refractivity contribution is 7.89. The van der Waals surface area contributed by atoms with Crippen LogP contribution in [0.2, 0.25) is 0 Å². The van der Waals surface area contributed by atoms with Crippen molar-refractivity contribution in [2.45, 2.75) is 31.3 Å². The number of rotatable bonds is 7. The van der Waals surface area contributed by atoms with Crippen molar-refractivity contribution in [3.05, 3.63) is 15.8 Å². The van der Waals surface area contributed by atoms with Crippen LogP contribution in [-0.4, -0.2) is 35.2 Å². The molecule has 1 aromatic heterocycles. The van der Waals surface area contributed by atoms with Gasteiger partial charge >= 0.3 is 0 Å². The van der Waals surface area contributed by atoms with Crippen molar-refractivity contribution in [1.29, 1.82) is 0 Å². The highest BCUT2D eigenvalue weighted by Crippen LogP contribution is 2.26. The molecule has 0 fully saturated rings. The first-order valence-electron chi connectivity index (χ1n) is 5.65. The first-order valence-corrected chi connectivity index (χ1v) is 8.01. The molecule has 104 valence electrons. The topological polar surface area (TPSA) is 67.4 Å². The second kappa shape index (κ2) is 6.63. The molecule has 1 unspecified atom stereocenters. The van der Waals surface area contributed by atoms with E-state index >= 15 is 0 Å². The molecule has 0 aliphatic rings. The van der Waals surface area contributed by atoms with Gasteiger partial charge in [-0.3, -0.25) is 0 Å². The van der Waals surface area contributed by atoms with Gasteiger partial charge in [-0.25, -0.2) is 13.1 Å². The highest BCUT2D eigenvalue weighted by Gasteiger charge is 2.24. The van der Waals surface area contributed by atoms with E-state index in [-0.39, 0.29) is 6.04 Å². The fraction of sp³-hybridized carbons (Fsp3) is 0.636. The van der Waals surface area contributed by atoms with Crippen molar-refractivity contribution in [1.82, 2.24) is 10.0 Å². The zero-order chi connectivity index (χ0) is 13.8. The highest BCUT2D eigenvalue weighted by atomic mass is 32.2. The van der Waals surface area contributed by atoms with Crippen LogP contribution in [0.15, 0.2) is 10.3 Å². The van der Waals surface area contributed by atoms with Crippen LogP contribution in [0.3, 0.4) is 0 Å². The quantitative estimate of drug-likeness (QED) is 0.789. The van der Waals surface area contributed by atoms with E-state index in [0.29, 0.717) is 18.0 Å². The molecule has 18 heavy (non-hydrogen) atoms. The molecule has 0 spiro atoms. The number of ether oxygens (including phenoxy) is 1. The van der Waals surface area contributed by atoms with Crippen LogP contribution >= 0.6 is 11.3 Å². The molecule has 0 radical (unpaired) electrons. The normalized spacial score (nSPS) is 13.8. The lowest BCUT2D eigenvalue weighted by Crippen LogP contribution is -2.36. The van der Waals surface area contributed by atoms with Crippen LogP contribution in [0.25, 0.3) is 0 Å². The number of thiophene rings is 1. The van der Waals surface area contributed by atoms with E-state index in [2.05, 4.69) is 10.0 Å². The molecule has 7 heteroatoms. The third kappa shape index (κ3) is 3.76. The van der Waals surface area contributed by atoms with Crippen LogP contribution in [0.1, 0.15) is 17.4 Å². The van der Waals surface area contributed by atoms with Crippen molar-refractivity contribution in [2.75, 3.05) is 20.8 Å². The molecule has 1 atom stereocenters. The van der Waals surface area contributed by atoms with Gasteiger partial charge in [0.1, 0.15) is 4.90 Å². The predicted molar refractivity (Wildman–Crippen MR) is 73.5 cm³/mol. The molecule has 0 aromatic carbocycles. The summed E-state index contributed by atoms with van der Waals surface area (Å²) >= 11 is 1.46. The molecular weight excluding hydrogens is 272 g/mol. The monoisotopic (exact) mass is 292 g/mol. The molecule has 0 aliphatic carbocycles. The van der Waals surface area contributed by atoms with Gasteiger partial charge in [-0.2, -0.15) is 0 Å². The molecule has 0 bridgehead atoms. The Morgan fingerprint density at radius 2 is 2.17 bits per heavy atom. The van der Waals surface area contributed by atoms with Gasteiger partial charge in [-0.05, 0) is 31.8 Å². The number of hydrogen-bond acceptors (Lipinski definition) is 5. The Balaban J connectivity index is 3.00. The number of hydrogen-bond donors (Lipinski definition) is 2. The summed E-state index contributed by atoms with van der Waals surface area (Å²) in [6, 6.07) is -0.248. The summed E-state index contributed by atoms with van der Waals surface area (Å²) in [7, 11) is -0.135. The Morgan fingerprint density at radius 3 is 2.72 bits per heavy atom. The second-order valence-corrected chi connectivity index (χ2v) is 6.79. The summed E-state index contributed by atoms with van der Waals surface area (Å²) < 4.78 is 32.2. The first-order chi connectivity index (χ1) is 8.42. The number of sulfonamides is 1. The average molecular weight is 292 g/mol. The van der Waals surface area contributed by atoms with Crippen molar-refractivity contribution < 1.29 is 13.2 Å². The second-order valence-electron chi connectivity index (χ2n) is 4.18. The van der Waals surface area contributed by atoms with Crippen molar-refractivity contribution in [2.24, 2.45) is 0 Å². The van der Waals surface area contributed by atoms with Gasteiger partial charge < -0.3 is 10.1 Å². The minimum Gasteiger partial charge on any atom is -0.383 e. The fourth-order valence-corrected chi connectivity index (χ4v) is 4.79. The Bertz CT molecular complexity index is 482. The summed E-state index contributed by atoms with van der Waals surface area (Å²) in [6.07, 6.45) is 0. The van der Waals surface area contributed by atoms with Gasteiger partial charge in [0.15, 0.2) is 0 Å². The van der Waals surface area contributed by atoms with Gasteiger partial charge in [0.25, 0.3) is 0 Å². The van der Waals surface area contributed by atoms with E-state index < -0.39 is 10.0 Å². The fourth-order valence-electron chi connectivity index (χ4n) is 1.74. The molecule has 1 rings (SSSR count). The predicted octanol–water partition coefficient (Wildman–Crippen LogP) is 1.09. The maximum Gasteiger partial charge on any atom is 0.242 e. The summed E-state index contributed by atoms with van der Waals surface area (Å²) in [5.74, 6) is 0. The lowest BCUT2D eigenvalue weighted by molar-refractivity contribution is 0.180. The average Bonchev–Trinajstić information content (AvgIpc) is 2.60. The lowest BCUT2D eigenvalue weighted by atomic mass is 10.3. The largest absolute Gasteiger partial charge is 0.383 e. The SMILES string of the molecule is CNCc1scc(C)c1S(=O)(=O)NC(C)COC. The molecule has 2 N–H and O–H groups in total. The van der Waals surface area contributed by atoms with E-state index in [1.54, 1.807) is 21.1 Å². The summed E-state index contributed by atoms with van der Waals surface area (Å²) in [4.78, 5) is 1.22. The molecule has 0 saturated heterocycles. The smallest absolute Gasteiger partial charge is 0.242 e. The Hall–Kier alpha value is -0.470. The maximum absolute atomic E-state index is 12.3. The first kappa shape index (κ1) is 15.6. The van der Waals surface area contributed by atoms with E-state index in [0.717, 1.165) is 10.4 Å². The van der Waals surface area contributed by atoms with Crippen molar-refractivity contribution in [3.63, 3.8) is 0 Å². The lowest BCUT2D eigenvalue weighted by Gasteiger charge is -2.14. The Labute approximate surface area is 113 Å². The summed E-state index contributed by atoms with van der Waals surface area (Å²) in [6.45, 7) is 4.49. The van der Waals surface area contributed by atoms with E-state index in [1.807, 2.05) is 12.3 Å². The number of nitrogens with one attached hydrogen (secondary N) is 2. The van der Waals surface area contributed by atoms with Crippen molar-refractivity contribution in [3.8, 4) is 0 Å². The summed E-state index contributed by atoms with van der Waals surface area (Å²) in [5, 5.41) is 4.85. The summed E-state index contributed by atoms with van der Waals surface area (Å²) in [5.41, 5.74) is 0.780. The van der Waals surface area contributed by atoms with Crippen LogP contribution in [0, 0.1) is 6.92 Å². The van der Waals surface area contributed by atoms with Crippen molar-refractivity contribution >= 4 is 21.4 Å². The molecular formula is C11H20N2O3S2. The van der Waals surface area contributed by atoms with Gasteiger partial charge in [0.05, 0.1) is 6.61 Å². The molecule has 1 aromatic rings. The molecule has 0 saturated carbocycles. The third-order valence-electron chi connectivity index (χ3n) is 2.37. The zero-order valence-corrected chi connectivity index (χ0v) is 12.7. The van der Waals surface area contributed by atoms with Gasteiger partial charge in [-0.15, -0.1) is 11.3 Å². The van der Waals surface area contributed by atoms with Gasteiger partial charge in [-0.1, -0.05) is 0 Å². The van der Waals surface area contributed by atoms with E-state index in [1.165, 1.54) is 11.3 Å². The number of aryl methyl sites for hydroxylation is 1. The Morgan fingerprint density at radius 1 is 1.50 bits per heavy atom. The zero-order valence-electron chi connectivity index (χ0n) is 11.1. The molecule has 1 heterocycles. The van der Waals surface area contributed by atoms with Crippen LogP contribution in [0.4, 0.5) is 0 Å². The minimum absolute atomic E-state index is 0.248. The molecule has 0 amide bonds. The third-order valence-corrected chi connectivity index (χ3v) is 5.42. The van der Waals surface area contributed by atoms with E-state index in [9.17, 15) is 8.42 Å². The molecule has 0 aliphatic heterocycles. The maximum atomic E-state index is 12.3.